The Morgan fingerprint density at radius 1 is 0.800 bits per heavy atom. The highest BCUT2D eigenvalue weighted by Crippen LogP contribution is 2.39. The van der Waals surface area contributed by atoms with Crippen LogP contribution < -0.4 is 5.19 Å². The fourth-order valence-corrected chi connectivity index (χ4v) is 12.8. The molecular formula is C16H25IN2Si. The number of rotatable bonds is 1. The molecule has 0 unspecified atom stereocenters. The van der Waals surface area contributed by atoms with Gasteiger partial charge >= 0.3 is 5.89 Å². The summed E-state index contributed by atoms with van der Waals surface area (Å²) < 4.78 is 5.17. The van der Waals surface area contributed by atoms with Crippen LogP contribution in [0.15, 0.2) is 42.7 Å². The molecule has 0 amide bonds. The fourth-order valence-electron chi connectivity index (χ4n) is 2.71. The van der Waals surface area contributed by atoms with Crippen LogP contribution in [0.25, 0.3) is 0 Å². The van der Waals surface area contributed by atoms with E-state index in [-0.39, 0.29) is 11.1 Å². The largest absolute Gasteiger partial charge is 0.370 e. The van der Waals surface area contributed by atoms with Gasteiger partial charge < -0.3 is 9.13 Å². The van der Waals surface area contributed by atoms with Gasteiger partial charge in [-0.1, -0.05) is 52.1 Å². The van der Waals surface area contributed by atoms with Crippen molar-refractivity contribution in [3.63, 3.8) is 0 Å². The predicted molar refractivity (Wildman–Crippen MR) is 98.2 cm³/mol. The van der Waals surface area contributed by atoms with Crippen molar-refractivity contribution < 1.29 is 0 Å². The van der Waals surface area contributed by atoms with Crippen molar-refractivity contribution in [1.29, 1.82) is 0 Å². The van der Waals surface area contributed by atoms with Crippen LogP contribution in [0.3, 0.4) is 0 Å². The summed E-state index contributed by atoms with van der Waals surface area (Å²) in [6, 6.07) is 11.0. The average molecular weight is 400 g/mol. The molecule has 0 aliphatic carbocycles. The van der Waals surface area contributed by atoms with Crippen molar-refractivity contribution in [1.82, 2.24) is 9.13 Å². The number of benzene rings is 1. The molecule has 4 heteroatoms. The Bertz CT molecular complexity index is 475. The number of halogens is 1. The van der Waals surface area contributed by atoms with Crippen molar-refractivity contribution in [3.8, 4) is 0 Å². The van der Waals surface area contributed by atoms with E-state index in [0.717, 1.165) is 0 Å². The molecule has 110 valence electrons. The standard InChI is InChI=1S/C16H25IN2Si/c1-15(2,3)18-12-13-19(16(4,5)6)20(18,17)14-10-8-7-9-11-14/h7-13H,1-6H3. The van der Waals surface area contributed by atoms with Gasteiger partial charge in [0, 0.05) is 23.5 Å². The summed E-state index contributed by atoms with van der Waals surface area (Å²) in [7, 11) is 0. The van der Waals surface area contributed by atoms with Crippen molar-refractivity contribution >= 4 is 32.9 Å². The Morgan fingerprint density at radius 2 is 1.20 bits per heavy atom. The normalized spacial score (nSPS) is 18.8. The number of nitrogens with zero attached hydrogens (tertiary/aromatic N) is 2. The summed E-state index contributed by atoms with van der Waals surface area (Å²) in [4.78, 5) is 0. The molecule has 1 aromatic carbocycles. The first-order valence-electron chi connectivity index (χ1n) is 7.09. The molecule has 1 aliphatic heterocycles. The van der Waals surface area contributed by atoms with Crippen LogP contribution in [0.5, 0.6) is 0 Å². The summed E-state index contributed by atoms with van der Waals surface area (Å²) >= 11 is 2.73. The van der Waals surface area contributed by atoms with Crippen LogP contribution in [0, 0.1) is 0 Å². The summed E-state index contributed by atoms with van der Waals surface area (Å²) in [5.41, 5.74) is 0.250. The molecule has 0 saturated carbocycles. The monoisotopic (exact) mass is 400 g/mol. The third kappa shape index (κ3) is 2.64. The predicted octanol–water partition coefficient (Wildman–Crippen LogP) is 3.95. The zero-order chi connectivity index (χ0) is 15.2. The van der Waals surface area contributed by atoms with Gasteiger partial charge in [0.1, 0.15) is 0 Å². The van der Waals surface area contributed by atoms with Gasteiger partial charge in [-0.3, -0.25) is 0 Å². The second-order valence-corrected chi connectivity index (χ2v) is 14.6. The van der Waals surface area contributed by atoms with E-state index < -0.39 is 5.89 Å². The molecule has 0 atom stereocenters. The third-order valence-corrected chi connectivity index (χ3v) is 12.6. The smallest absolute Gasteiger partial charge is 0.366 e. The minimum absolute atomic E-state index is 0.125. The average Bonchev–Trinajstić information content (AvgIpc) is 2.69. The van der Waals surface area contributed by atoms with Crippen LogP contribution in [-0.4, -0.2) is 26.1 Å². The van der Waals surface area contributed by atoms with Gasteiger partial charge in [-0.15, -0.1) is 0 Å². The molecule has 0 saturated heterocycles. The van der Waals surface area contributed by atoms with Crippen molar-refractivity contribution in [2.45, 2.75) is 52.6 Å². The van der Waals surface area contributed by atoms with Gasteiger partial charge in [-0.25, -0.2) is 0 Å². The van der Waals surface area contributed by atoms with E-state index in [0.29, 0.717) is 0 Å². The highest BCUT2D eigenvalue weighted by molar-refractivity contribution is 14.1. The first-order chi connectivity index (χ1) is 9.08. The molecule has 0 radical (unpaired) electrons. The van der Waals surface area contributed by atoms with Crippen LogP contribution in [0.1, 0.15) is 41.5 Å². The lowest BCUT2D eigenvalue weighted by Crippen LogP contribution is -2.70. The number of hydrogen-bond acceptors (Lipinski definition) is 2. The molecule has 0 aromatic heterocycles. The third-order valence-electron chi connectivity index (χ3n) is 3.59. The van der Waals surface area contributed by atoms with E-state index >= 15 is 0 Å². The first kappa shape index (κ1) is 15.9. The molecule has 2 nitrogen and oxygen atoms in total. The molecule has 1 aliphatic rings. The van der Waals surface area contributed by atoms with Crippen LogP contribution in [0.2, 0.25) is 0 Å². The van der Waals surface area contributed by atoms with Gasteiger partial charge in [0.05, 0.1) is 0 Å². The Kier molecular flexibility index (Phi) is 4.01. The molecule has 2 rings (SSSR count). The lowest BCUT2D eigenvalue weighted by atomic mass is 10.1. The van der Waals surface area contributed by atoms with Crippen molar-refractivity contribution in [3.05, 3.63) is 42.7 Å². The Morgan fingerprint density at radius 3 is 1.55 bits per heavy atom. The SMILES string of the molecule is CC(C)(C)N1C=CN(C(C)(C)C)[Si]1(I)c1ccccc1. The van der Waals surface area contributed by atoms with E-state index in [2.05, 4.69) is 115 Å². The molecule has 0 bridgehead atoms. The quantitative estimate of drug-likeness (QED) is 0.400. The summed E-state index contributed by atoms with van der Waals surface area (Å²) in [6.07, 6.45) is 4.58. The second kappa shape index (κ2) is 5.05. The zero-order valence-corrected chi connectivity index (χ0v) is 16.5. The van der Waals surface area contributed by atoms with Crippen LogP contribution in [0.4, 0.5) is 0 Å². The molecule has 0 N–H and O–H groups in total. The van der Waals surface area contributed by atoms with E-state index in [4.69, 9.17) is 0 Å². The van der Waals surface area contributed by atoms with Gasteiger partial charge in [0.2, 0.25) is 0 Å². The van der Waals surface area contributed by atoms with Crippen molar-refractivity contribution in [2.75, 3.05) is 0 Å². The Balaban J connectivity index is 2.57. The van der Waals surface area contributed by atoms with Gasteiger partial charge in [-0.05, 0) is 46.7 Å². The molecular weight excluding hydrogens is 375 g/mol. The van der Waals surface area contributed by atoms with E-state index in [1.54, 1.807) is 0 Å². The number of hydrogen-bond donors (Lipinski definition) is 0. The van der Waals surface area contributed by atoms with Crippen molar-refractivity contribution in [2.24, 2.45) is 0 Å². The maximum Gasteiger partial charge on any atom is 0.366 e. The van der Waals surface area contributed by atoms with Gasteiger partial charge in [0.15, 0.2) is 0 Å². The second-order valence-electron chi connectivity index (χ2n) is 7.33. The molecule has 1 aromatic rings. The van der Waals surface area contributed by atoms with Crippen LogP contribution in [-0.2, 0) is 0 Å². The van der Waals surface area contributed by atoms with Gasteiger partial charge in [-0.2, -0.15) is 0 Å². The molecule has 1 heterocycles. The highest BCUT2D eigenvalue weighted by atomic mass is 127. The molecule has 0 fully saturated rings. The van der Waals surface area contributed by atoms with Gasteiger partial charge in [0.25, 0.3) is 0 Å². The van der Waals surface area contributed by atoms with Crippen LogP contribution >= 0.6 is 21.8 Å². The Labute approximate surface area is 137 Å². The first-order valence-corrected chi connectivity index (χ1v) is 12.1. The topological polar surface area (TPSA) is 6.48 Å². The molecule has 0 spiro atoms. The minimum Gasteiger partial charge on any atom is -0.370 e. The maximum atomic E-state index is 2.73. The minimum atomic E-state index is -1.97. The summed E-state index contributed by atoms with van der Waals surface area (Å²) in [6.45, 7) is 13.8. The maximum absolute atomic E-state index is 2.73. The lowest BCUT2D eigenvalue weighted by Gasteiger charge is -2.49. The summed E-state index contributed by atoms with van der Waals surface area (Å²) in [5, 5.41) is 1.45. The van der Waals surface area contributed by atoms with E-state index in [1.165, 1.54) is 5.19 Å². The zero-order valence-electron chi connectivity index (χ0n) is 13.3. The lowest BCUT2D eigenvalue weighted by molar-refractivity contribution is 0.284. The van der Waals surface area contributed by atoms with E-state index in [1.807, 2.05) is 0 Å². The molecule has 20 heavy (non-hydrogen) atoms. The Hall–Kier alpha value is -0.493. The van der Waals surface area contributed by atoms with E-state index in [9.17, 15) is 0 Å². The highest BCUT2D eigenvalue weighted by Gasteiger charge is 2.53. The fraction of sp³-hybridized carbons (Fsp3) is 0.500. The summed E-state index contributed by atoms with van der Waals surface area (Å²) in [5.74, 6) is -1.97.